The number of primary amides is 1. The zero-order chi connectivity index (χ0) is 12.6. The number of carbonyl (C=O) groups is 2. The topological polar surface area (TPSA) is 75.4 Å². The molecule has 0 fully saturated rings. The molecule has 0 aromatic rings. The third-order valence-corrected chi connectivity index (χ3v) is 2.39. The fourth-order valence-electron chi connectivity index (χ4n) is 1.20. The molecule has 0 radical (unpaired) electrons. The van der Waals surface area contributed by atoms with Crippen LogP contribution in [0.4, 0.5) is 0 Å². The summed E-state index contributed by atoms with van der Waals surface area (Å²) in [6, 6.07) is 0. The molecule has 0 aliphatic carbocycles. The van der Waals surface area contributed by atoms with Gasteiger partial charge in [-0.15, -0.1) is 0 Å². The lowest BCUT2D eigenvalue weighted by atomic mass is 10.1. The van der Waals surface area contributed by atoms with Crippen molar-refractivity contribution in [3.8, 4) is 0 Å². The van der Waals surface area contributed by atoms with E-state index in [1.807, 2.05) is 14.1 Å². The van der Waals surface area contributed by atoms with Crippen molar-refractivity contribution in [3.63, 3.8) is 0 Å². The summed E-state index contributed by atoms with van der Waals surface area (Å²) in [6.07, 6.45) is 1.82. The molecule has 5 heteroatoms. The van der Waals surface area contributed by atoms with Gasteiger partial charge in [0.2, 0.25) is 11.8 Å². The quantitative estimate of drug-likeness (QED) is 0.573. The summed E-state index contributed by atoms with van der Waals surface area (Å²) in [4.78, 5) is 24.1. The molecule has 0 spiro atoms. The minimum Gasteiger partial charge on any atom is -0.369 e. The third-order valence-electron chi connectivity index (χ3n) is 2.39. The molecule has 0 heterocycles. The Balaban J connectivity index is 3.48. The average Bonchev–Trinajstić information content (AvgIpc) is 2.20. The van der Waals surface area contributed by atoms with Crippen molar-refractivity contribution in [2.75, 3.05) is 27.2 Å². The standard InChI is InChI=1S/C11H23N3O2/c1-9(11(12)16)5-6-10(15)13-7-4-8-14(2)3/h9H,4-8H2,1-3H3,(H2,12,16)(H,13,15)/t9-/m0/s1. The van der Waals surface area contributed by atoms with E-state index in [9.17, 15) is 9.59 Å². The molecule has 5 nitrogen and oxygen atoms in total. The van der Waals surface area contributed by atoms with Crippen LogP contribution in [-0.4, -0.2) is 43.9 Å². The molecule has 0 unspecified atom stereocenters. The number of nitrogens with zero attached hydrogens (tertiary/aromatic N) is 1. The van der Waals surface area contributed by atoms with Gasteiger partial charge in [0.05, 0.1) is 0 Å². The SMILES string of the molecule is C[C@@H](CCC(=O)NCCCN(C)C)C(N)=O. The van der Waals surface area contributed by atoms with Gasteiger partial charge in [0.1, 0.15) is 0 Å². The summed E-state index contributed by atoms with van der Waals surface area (Å²) in [7, 11) is 3.99. The molecular formula is C11H23N3O2. The fraction of sp³-hybridized carbons (Fsp3) is 0.818. The van der Waals surface area contributed by atoms with Crippen LogP contribution in [0.3, 0.4) is 0 Å². The van der Waals surface area contributed by atoms with Gasteiger partial charge in [-0.1, -0.05) is 6.92 Å². The van der Waals surface area contributed by atoms with E-state index in [2.05, 4.69) is 10.2 Å². The monoisotopic (exact) mass is 229 g/mol. The largest absolute Gasteiger partial charge is 0.369 e. The second kappa shape index (κ2) is 8.10. The van der Waals surface area contributed by atoms with Crippen molar-refractivity contribution in [3.05, 3.63) is 0 Å². The first-order valence-corrected chi connectivity index (χ1v) is 5.64. The zero-order valence-electron chi connectivity index (χ0n) is 10.5. The molecule has 1 atom stereocenters. The van der Waals surface area contributed by atoms with E-state index >= 15 is 0 Å². The van der Waals surface area contributed by atoms with Gasteiger partial charge in [-0.3, -0.25) is 9.59 Å². The lowest BCUT2D eigenvalue weighted by molar-refractivity contribution is -0.123. The Morgan fingerprint density at radius 2 is 2.00 bits per heavy atom. The lowest BCUT2D eigenvalue weighted by Crippen LogP contribution is -2.28. The van der Waals surface area contributed by atoms with Gasteiger partial charge < -0.3 is 16.0 Å². The van der Waals surface area contributed by atoms with Crippen LogP contribution < -0.4 is 11.1 Å². The minimum atomic E-state index is -0.347. The molecule has 0 aliphatic rings. The number of rotatable bonds is 8. The third kappa shape index (κ3) is 8.23. The highest BCUT2D eigenvalue weighted by Crippen LogP contribution is 2.03. The van der Waals surface area contributed by atoms with Crippen molar-refractivity contribution in [2.45, 2.75) is 26.2 Å². The van der Waals surface area contributed by atoms with Crippen molar-refractivity contribution in [2.24, 2.45) is 11.7 Å². The van der Waals surface area contributed by atoms with Gasteiger partial charge in [-0.05, 0) is 33.5 Å². The molecule has 0 saturated heterocycles. The van der Waals surface area contributed by atoms with Gasteiger partial charge >= 0.3 is 0 Å². The highest BCUT2D eigenvalue weighted by atomic mass is 16.2. The molecule has 0 aromatic carbocycles. The van der Waals surface area contributed by atoms with Crippen LogP contribution in [0.15, 0.2) is 0 Å². The molecule has 0 rings (SSSR count). The zero-order valence-corrected chi connectivity index (χ0v) is 10.5. The van der Waals surface area contributed by atoms with Crippen LogP contribution in [0.1, 0.15) is 26.2 Å². The normalized spacial score (nSPS) is 12.5. The van der Waals surface area contributed by atoms with E-state index < -0.39 is 0 Å². The van der Waals surface area contributed by atoms with Crippen LogP contribution in [0.25, 0.3) is 0 Å². The fourth-order valence-corrected chi connectivity index (χ4v) is 1.20. The molecule has 0 aliphatic heterocycles. The number of nitrogens with one attached hydrogen (secondary N) is 1. The van der Waals surface area contributed by atoms with E-state index in [-0.39, 0.29) is 17.7 Å². The highest BCUT2D eigenvalue weighted by molar-refractivity contribution is 5.79. The van der Waals surface area contributed by atoms with E-state index in [1.165, 1.54) is 0 Å². The average molecular weight is 229 g/mol. The first-order chi connectivity index (χ1) is 7.43. The van der Waals surface area contributed by atoms with Crippen LogP contribution in [0, 0.1) is 5.92 Å². The number of hydrogen-bond acceptors (Lipinski definition) is 3. The predicted octanol–water partition coefficient (Wildman–Crippen LogP) is -0.0441. The van der Waals surface area contributed by atoms with Crippen molar-refractivity contribution in [1.29, 1.82) is 0 Å². The van der Waals surface area contributed by atoms with Crippen LogP contribution in [0.5, 0.6) is 0 Å². The smallest absolute Gasteiger partial charge is 0.220 e. The van der Waals surface area contributed by atoms with E-state index in [0.717, 1.165) is 13.0 Å². The Hall–Kier alpha value is -1.10. The summed E-state index contributed by atoms with van der Waals surface area (Å²) in [5.74, 6) is -0.584. The summed E-state index contributed by atoms with van der Waals surface area (Å²) < 4.78 is 0. The van der Waals surface area contributed by atoms with Crippen molar-refractivity contribution < 1.29 is 9.59 Å². The molecule has 0 bridgehead atoms. The van der Waals surface area contributed by atoms with Crippen molar-refractivity contribution in [1.82, 2.24) is 10.2 Å². The van der Waals surface area contributed by atoms with Gasteiger partial charge in [0.25, 0.3) is 0 Å². The molecule has 3 N–H and O–H groups in total. The summed E-state index contributed by atoms with van der Waals surface area (Å²) in [6.45, 7) is 3.38. The Bertz CT molecular complexity index is 229. The van der Waals surface area contributed by atoms with Gasteiger partial charge in [-0.25, -0.2) is 0 Å². The van der Waals surface area contributed by atoms with Crippen molar-refractivity contribution >= 4 is 11.8 Å². The molecule has 94 valence electrons. The molecule has 2 amide bonds. The Morgan fingerprint density at radius 1 is 1.38 bits per heavy atom. The van der Waals surface area contributed by atoms with Gasteiger partial charge in [-0.2, -0.15) is 0 Å². The first-order valence-electron chi connectivity index (χ1n) is 5.64. The van der Waals surface area contributed by atoms with Crippen LogP contribution in [0.2, 0.25) is 0 Å². The molecule has 0 saturated carbocycles. The maximum atomic E-state index is 11.3. The first kappa shape index (κ1) is 14.9. The molecular weight excluding hydrogens is 206 g/mol. The maximum absolute atomic E-state index is 11.3. The number of carbonyl (C=O) groups excluding carboxylic acids is 2. The van der Waals surface area contributed by atoms with Gasteiger partial charge in [0.15, 0.2) is 0 Å². The second-order valence-corrected chi connectivity index (χ2v) is 4.35. The van der Waals surface area contributed by atoms with E-state index in [1.54, 1.807) is 6.92 Å². The van der Waals surface area contributed by atoms with Gasteiger partial charge in [0, 0.05) is 18.9 Å². The number of nitrogens with two attached hydrogens (primary N) is 1. The Kier molecular flexibility index (Phi) is 7.54. The molecule has 0 aromatic heterocycles. The summed E-state index contributed by atoms with van der Waals surface area (Å²) in [5, 5.41) is 2.81. The summed E-state index contributed by atoms with van der Waals surface area (Å²) >= 11 is 0. The Morgan fingerprint density at radius 3 is 2.50 bits per heavy atom. The maximum Gasteiger partial charge on any atom is 0.220 e. The minimum absolute atomic E-state index is 0.00754. The molecule has 16 heavy (non-hydrogen) atoms. The highest BCUT2D eigenvalue weighted by Gasteiger charge is 2.10. The Labute approximate surface area is 97.4 Å². The second-order valence-electron chi connectivity index (χ2n) is 4.35. The summed E-state index contributed by atoms with van der Waals surface area (Å²) in [5.41, 5.74) is 5.10. The van der Waals surface area contributed by atoms with Crippen LogP contribution >= 0.6 is 0 Å². The predicted molar refractivity (Wildman–Crippen MR) is 63.8 cm³/mol. The number of hydrogen-bond donors (Lipinski definition) is 2. The lowest BCUT2D eigenvalue weighted by Gasteiger charge is -2.10. The van der Waals surface area contributed by atoms with Crippen LogP contribution in [-0.2, 0) is 9.59 Å². The van der Waals surface area contributed by atoms with E-state index in [0.29, 0.717) is 19.4 Å². The van der Waals surface area contributed by atoms with E-state index in [4.69, 9.17) is 5.73 Å². The number of amides is 2.